The van der Waals surface area contributed by atoms with Crippen LogP contribution in [0, 0.1) is 0 Å². The molecule has 3 nitrogen and oxygen atoms in total. The van der Waals surface area contributed by atoms with Crippen LogP contribution in [-0.4, -0.2) is 20.5 Å². The van der Waals surface area contributed by atoms with Gasteiger partial charge in [0.15, 0.2) is 0 Å². The second-order valence-electron chi connectivity index (χ2n) is 2.48. The highest BCUT2D eigenvalue weighted by Crippen LogP contribution is 2.04. The molecule has 1 saturated heterocycles. The summed E-state index contributed by atoms with van der Waals surface area (Å²) in [6.07, 6.45) is 2.68. The highest BCUT2D eigenvalue weighted by atomic mass is 16.8. The largest absolute Gasteiger partial charge is 0.712 e. The van der Waals surface area contributed by atoms with Gasteiger partial charge in [0.25, 0.3) is 0 Å². The van der Waals surface area contributed by atoms with Crippen LogP contribution in [0.2, 0.25) is 0 Å². The molecule has 1 rings (SSSR count). The van der Waals surface area contributed by atoms with Gasteiger partial charge in [-0.1, -0.05) is 6.92 Å². The predicted octanol–water partition coefficient (Wildman–Crippen LogP) is 1.35. The van der Waals surface area contributed by atoms with Gasteiger partial charge in [-0.2, -0.15) is 0 Å². The second kappa shape index (κ2) is 4.41. The lowest BCUT2D eigenvalue weighted by atomic mass is 10.2. The first-order chi connectivity index (χ1) is 5.33. The summed E-state index contributed by atoms with van der Waals surface area (Å²) in [7, 11) is -0.475. The summed E-state index contributed by atoms with van der Waals surface area (Å²) in [4.78, 5) is 0. The van der Waals surface area contributed by atoms with Gasteiger partial charge in [-0.15, -0.1) is 0 Å². The Morgan fingerprint density at radius 1 is 1.55 bits per heavy atom. The maximum Gasteiger partial charge on any atom is 0.712 e. The molecule has 0 aromatic heterocycles. The highest BCUT2D eigenvalue weighted by Gasteiger charge is 2.27. The Morgan fingerprint density at radius 2 is 2.18 bits per heavy atom. The third-order valence-electron chi connectivity index (χ3n) is 1.53. The number of allylic oxidation sites excluding steroid dienone is 1. The molecule has 0 spiro atoms. The molecule has 1 heterocycles. The van der Waals surface area contributed by atoms with Crippen LogP contribution in [-0.2, 0) is 14.0 Å². The van der Waals surface area contributed by atoms with Crippen molar-refractivity contribution in [1.29, 1.82) is 0 Å². The molecule has 0 N–H and O–H groups in total. The zero-order chi connectivity index (χ0) is 8.10. The molecule has 0 atom stereocenters. The molecule has 4 heteroatoms. The first-order valence-electron chi connectivity index (χ1n) is 3.87. The van der Waals surface area contributed by atoms with Gasteiger partial charge in [0, 0.05) is 0 Å². The van der Waals surface area contributed by atoms with E-state index < -0.39 is 7.32 Å². The van der Waals surface area contributed by atoms with E-state index >= 15 is 0 Å². The monoisotopic (exact) mass is 156 g/mol. The standard InChI is InChI=1S/C7H13BO3/c1-3-7(2)6-11-8-9-4-5-10-8/h6H,3-5H2,1-2H3/b7-6+. The Kier molecular flexibility index (Phi) is 3.46. The average molecular weight is 156 g/mol. The Balaban J connectivity index is 2.19. The van der Waals surface area contributed by atoms with E-state index in [1.54, 1.807) is 6.26 Å². The van der Waals surface area contributed by atoms with Gasteiger partial charge in [0.2, 0.25) is 0 Å². The van der Waals surface area contributed by atoms with Crippen LogP contribution in [0.3, 0.4) is 0 Å². The zero-order valence-electron chi connectivity index (χ0n) is 7.00. The molecule has 0 bridgehead atoms. The van der Waals surface area contributed by atoms with Crippen LogP contribution in [0.25, 0.3) is 0 Å². The SMILES string of the molecule is CC/C(C)=C/OB1OCCO1. The lowest BCUT2D eigenvalue weighted by molar-refractivity contribution is 0.242. The molecule has 0 amide bonds. The van der Waals surface area contributed by atoms with Crippen molar-refractivity contribution in [3.05, 3.63) is 11.8 Å². The van der Waals surface area contributed by atoms with Crippen LogP contribution < -0.4 is 0 Å². The molecule has 1 fully saturated rings. The second-order valence-corrected chi connectivity index (χ2v) is 2.48. The van der Waals surface area contributed by atoms with Crippen molar-refractivity contribution in [2.24, 2.45) is 0 Å². The lowest BCUT2D eigenvalue weighted by Crippen LogP contribution is -2.16. The van der Waals surface area contributed by atoms with Crippen molar-refractivity contribution < 1.29 is 14.0 Å². The van der Waals surface area contributed by atoms with Crippen molar-refractivity contribution in [1.82, 2.24) is 0 Å². The summed E-state index contributed by atoms with van der Waals surface area (Å²) in [6.45, 7) is 5.34. The smallest absolute Gasteiger partial charge is 0.518 e. The first-order valence-corrected chi connectivity index (χ1v) is 3.87. The number of rotatable bonds is 3. The summed E-state index contributed by atoms with van der Waals surface area (Å²) in [5, 5.41) is 0. The minimum atomic E-state index is -0.475. The Labute approximate surface area is 67.5 Å². The predicted molar refractivity (Wildman–Crippen MR) is 42.8 cm³/mol. The molecule has 0 saturated carbocycles. The van der Waals surface area contributed by atoms with Gasteiger partial charge >= 0.3 is 7.32 Å². The highest BCUT2D eigenvalue weighted by molar-refractivity contribution is 6.37. The fourth-order valence-corrected chi connectivity index (χ4v) is 0.670. The number of hydrogen-bond donors (Lipinski definition) is 0. The molecule has 62 valence electrons. The summed E-state index contributed by atoms with van der Waals surface area (Å²) >= 11 is 0. The molecular weight excluding hydrogens is 143 g/mol. The van der Waals surface area contributed by atoms with Crippen molar-refractivity contribution >= 4 is 7.32 Å². The Hall–Kier alpha value is -0.475. The molecule has 0 aromatic carbocycles. The fourth-order valence-electron chi connectivity index (χ4n) is 0.670. The average Bonchev–Trinajstić information content (AvgIpc) is 2.52. The maximum absolute atomic E-state index is 5.15. The minimum Gasteiger partial charge on any atom is -0.518 e. The molecule has 11 heavy (non-hydrogen) atoms. The minimum absolute atomic E-state index is 0.475. The van der Waals surface area contributed by atoms with E-state index in [0.717, 1.165) is 6.42 Å². The zero-order valence-corrected chi connectivity index (χ0v) is 7.00. The van der Waals surface area contributed by atoms with Gasteiger partial charge in [-0.05, 0) is 18.9 Å². The third-order valence-corrected chi connectivity index (χ3v) is 1.53. The van der Waals surface area contributed by atoms with Crippen molar-refractivity contribution in [3.8, 4) is 0 Å². The van der Waals surface area contributed by atoms with Crippen molar-refractivity contribution in [2.75, 3.05) is 13.2 Å². The summed E-state index contributed by atoms with van der Waals surface area (Å²) in [6, 6.07) is 0. The molecule has 0 aromatic rings. The molecule has 0 unspecified atom stereocenters. The van der Waals surface area contributed by atoms with Gasteiger partial charge in [-0.25, -0.2) is 0 Å². The van der Waals surface area contributed by atoms with Crippen LogP contribution in [0.5, 0.6) is 0 Å². The van der Waals surface area contributed by atoms with Gasteiger partial charge in [0.05, 0.1) is 19.5 Å². The van der Waals surface area contributed by atoms with Gasteiger partial charge in [0.1, 0.15) is 0 Å². The van der Waals surface area contributed by atoms with E-state index in [1.807, 2.05) is 6.92 Å². The quantitative estimate of drug-likeness (QED) is 0.455. The van der Waals surface area contributed by atoms with Gasteiger partial charge in [-0.3, -0.25) is 0 Å². The van der Waals surface area contributed by atoms with E-state index in [1.165, 1.54) is 5.57 Å². The molecule has 0 radical (unpaired) electrons. The van der Waals surface area contributed by atoms with Crippen LogP contribution >= 0.6 is 0 Å². The first kappa shape index (κ1) is 8.62. The van der Waals surface area contributed by atoms with E-state index in [2.05, 4.69) is 6.92 Å². The normalized spacial score (nSPS) is 19.1. The van der Waals surface area contributed by atoms with Crippen LogP contribution in [0.1, 0.15) is 20.3 Å². The molecule has 1 aliphatic heterocycles. The summed E-state index contributed by atoms with van der Waals surface area (Å²) < 4.78 is 15.3. The molecule has 1 aliphatic rings. The third kappa shape index (κ3) is 2.95. The fraction of sp³-hybridized carbons (Fsp3) is 0.714. The summed E-state index contributed by atoms with van der Waals surface area (Å²) in [5.41, 5.74) is 1.18. The Morgan fingerprint density at radius 3 is 2.73 bits per heavy atom. The van der Waals surface area contributed by atoms with Crippen molar-refractivity contribution in [3.63, 3.8) is 0 Å². The van der Waals surface area contributed by atoms with E-state index in [4.69, 9.17) is 14.0 Å². The van der Waals surface area contributed by atoms with Crippen LogP contribution in [0.15, 0.2) is 11.8 Å². The van der Waals surface area contributed by atoms with Crippen LogP contribution in [0.4, 0.5) is 0 Å². The molecule has 0 aliphatic carbocycles. The lowest BCUT2D eigenvalue weighted by Gasteiger charge is -2.02. The maximum atomic E-state index is 5.15. The number of hydrogen-bond acceptors (Lipinski definition) is 3. The van der Waals surface area contributed by atoms with E-state index in [0.29, 0.717) is 13.2 Å². The molecular formula is C7H13BO3. The van der Waals surface area contributed by atoms with E-state index in [-0.39, 0.29) is 0 Å². The topological polar surface area (TPSA) is 27.7 Å². The van der Waals surface area contributed by atoms with E-state index in [9.17, 15) is 0 Å². The van der Waals surface area contributed by atoms with Gasteiger partial charge < -0.3 is 14.0 Å². The summed E-state index contributed by atoms with van der Waals surface area (Å²) in [5.74, 6) is 0. The van der Waals surface area contributed by atoms with Crippen molar-refractivity contribution in [2.45, 2.75) is 20.3 Å². The Bertz CT molecular complexity index is 141.